The maximum atomic E-state index is 11.7. The van der Waals surface area contributed by atoms with Gasteiger partial charge in [-0.05, 0) is 18.9 Å². The van der Waals surface area contributed by atoms with E-state index in [4.69, 9.17) is 0 Å². The molecule has 0 aliphatic heterocycles. The fourth-order valence-electron chi connectivity index (χ4n) is 1.46. The first kappa shape index (κ1) is 8.05. The number of hydrogen-bond donors (Lipinski definition) is 0. The van der Waals surface area contributed by atoms with Gasteiger partial charge in [0.25, 0.3) is 0 Å². The van der Waals surface area contributed by atoms with E-state index in [9.17, 15) is 4.79 Å². The van der Waals surface area contributed by atoms with Gasteiger partial charge in [-0.15, -0.1) is 11.3 Å². The van der Waals surface area contributed by atoms with Crippen molar-refractivity contribution >= 4 is 27.3 Å². The van der Waals surface area contributed by atoms with Crippen LogP contribution in [0.2, 0.25) is 0 Å². The molecular formula is C10H8N2OS. The van der Waals surface area contributed by atoms with Crippen LogP contribution < -0.4 is 0 Å². The molecule has 1 saturated carbocycles. The summed E-state index contributed by atoms with van der Waals surface area (Å²) in [6, 6.07) is 1.90. The smallest absolute Gasteiger partial charge is 0.175 e. The predicted octanol–water partition coefficient (Wildman–Crippen LogP) is 2.28. The van der Waals surface area contributed by atoms with Crippen LogP contribution in [0.3, 0.4) is 0 Å². The molecule has 70 valence electrons. The van der Waals surface area contributed by atoms with Gasteiger partial charge in [-0.1, -0.05) is 0 Å². The molecule has 0 amide bonds. The van der Waals surface area contributed by atoms with E-state index >= 15 is 0 Å². The molecule has 3 nitrogen and oxygen atoms in total. The Morgan fingerprint density at radius 1 is 1.50 bits per heavy atom. The fraction of sp³-hybridized carbons (Fsp3) is 0.300. The van der Waals surface area contributed by atoms with Crippen molar-refractivity contribution in [2.75, 3.05) is 0 Å². The van der Waals surface area contributed by atoms with Crippen molar-refractivity contribution in [1.82, 2.24) is 9.97 Å². The van der Waals surface area contributed by atoms with Crippen LogP contribution in [-0.4, -0.2) is 15.8 Å². The normalized spacial score (nSPS) is 16.0. The fourth-order valence-corrected chi connectivity index (χ4v) is 2.45. The minimum atomic E-state index is 0.285. The average Bonchev–Trinajstić information content (AvgIpc) is 2.95. The molecule has 0 aromatic carbocycles. The van der Waals surface area contributed by atoms with E-state index in [1.165, 1.54) is 17.7 Å². The average molecular weight is 204 g/mol. The lowest BCUT2D eigenvalue weighted by Gasteiger charge is -1.89. The first-order valence-corrected chi connectivity index (χ1v) is 5.40. The monoisotopic (exact) mass is 204 g/mol. The highest BCUT2D eigenvalue weighted by molar-refractivity contribution is 7.20. The summed E-state index contributed by atoms with van der Waals surface area (Å²) in [6.45, 7) is 0. The Labute approximate surface area is 84.8 Å². The van der Waals surface area contributed by atoms with Gasteiger partial charge < -0.3 is 0 Å². The zero-order valence-electron chi connectivity index (χ0n) is 7.43. The van der Waals surface area contributed by atoms with Gasteiger partial charge in [0.15, 0.2) is 5.78 Å². The molecule has 0 unspecified atom stereocenters. The number of thiophene rings is 1. The molecule has 0 spiro atoms. The van der Waals surface area contributed by atoms with Crippen molar-refractivity contribution in [3.63, 3.8) is 0 Å². The second-order valence-electron chi connectivity index (χ2n) is 3.53. The Bertz CT molecular complexity index is 469. The summed E-state index contributed by atoms with van der Waals surface area (Å²) in [5, 5.41) is 0.974. The molecule has 2 aromatic rings. The highest BCUT2D eigenvalue weighted by Gasteiger charge is 2.31. The molecule has 0 saturated heterocycles. The molecule has 2 heterocycles. The van der Waals surface area contributed by atoms with Gasteiger partial charge in [0.1, 0.15) is 11.2 Å². The lowest BCUT2D eigenvalue weighted by molar-refractivity contribution is 0.0971. The second kappa shape index (κ2) is 2.85. The topological polar surface area (TPSA) is 42.9 Å². The Hall–Kier alpha value is -1.29. The first-order chi connectivity index (χ1) is 6.84. The SMILES string of the molecule is O=C(c1cc2cncnc2s1)C1CC1. The number of ketones is 1. The molecule has 0 radical (unpaired) electrons. The summed E-state index contributed by atoms with van der Waals surface area (Å²) in [5.74, 6) is 0.573. The molecule has 2 aromatic heterocycles. The van der Waals surface area contributed by atoms with Gasteiger partial charge in [-0.2, -0.15) is 0 Å². The van der Waals surface area contributed by atoms with Crippen molar-refractivity contribution in [2.24, 2.45) is 5.92 Å². The highest BCUT2D eigenvalue weighted by Crippen LogP contribution is 2.35. The van der Waals surface area contributed by atoms with Gasteiger partial charge in [0.2, 0.25) is 0 Å². The van der Waals surface area contributed by atoms with Crippen LogP contribution >= 0.6 is 11.3 Å². The zero-order chi connectivity index (χ0) is 9.54. The number of carbonyl (C=O) groups is 1. The lowest BCUT2D eigenvalue weighted by atomic mass is 10.2. The van der Waals surface area contributed by atoms with E-state index in [2.05, 4.69) is 9.97 Å². The molecule has 1 aliphatic carbocycles. The molecular weight excluding hydrogens is 196 g/mol. The maximum Gasteiger partial charge on any atom is 0.175 e. The second-order valence-corrected chi connectivity index (χ2v) is 4.56. The minimum Gasteiger partial charge on any atom is -0.293 e. The maximum absolute atomic E-state index is 11.7. The third-order valence-corrected chi connectivity index (χ3v) is 3.46. The number of nitrogens with zero attached hydrogens (tertiary/aromatic N) is 2. The van der Waals surface area contributed by atoms with Crippen LogP contribution in [0, 0.1) is 5.92 Å². The quantitative estimate of drug-likeness (QED) is 0.705. The summed E-state index contributed by atoms with van der Waals surface area (Å²) < 4.78 is 0. The molecule has 1 aliphatic rings. The predicted molar refractivity (Wildman–Crippen MR) is 54.5 cm³/mol. The van der Waals surface area contributed by atoms with Gasteiger partial charge in [-0.3, -0.25) is 4.79 Å². The summed E-state index contributed by atoms with van der Waals surface area (Å²) in [6.07, 6.45) is 5.38. The number of rotatable bonds is 2. The number of aromatic nitrogens is 2. The number of Topliss-reactive ketones (excluding diaryl/α,β-unsaturated/α-hetero) is 1. The Morgan fingerprint density at radius 2 is 2.36 bits per heavy atom. The van der Waals surface area contributed by atoms with Crippen LogP contribution in [0.15, 0.2) is 18.6 Å². The lowest BCUT2D eigenvalue weighted by Crippen LogP contribution is -1.96. The molecule has 0 bridgehead atoms. The van der Waals surface area contributed by atoms with Gasteiger partial charge in [0, 0.05) is 17.5 Å². The largest absolute Gasteiger partial charge is 0.293 e. The number of fused-ring (bicyclic) bond motifs is 1. The summed E-state index contributed by atoms with van der Waals surface area (Å²) in [4.78, 5) is 21.5. The summed E-state index contributed by atoms with van der Waals surface area (Å²) >= 11 is 1.47. The van der Waals surface area contributed by atoms with E-state index in [1.54, 1.807) is 6.20 Å². The molecule has 0 atom stereocenters. The minimum absolute atomic E-state index is 0.285. The molecule has 0 N–H and O–H groups in total. The van der Waals surface area contributed by atoms with E-state index in [-0.39, 0.29) is 11.7 Å². The van der Waals surface area contributed by atoms with Crippen molar-refractivity contribution in [1.29, 1.82) is 0 Å². The van der Waals surface area contributed by atoms with Crippen LogP contribution in [-0.2, 0) is 0 Å². The van der Waals surface area contributed by atoms with Gasteiger partial charge in [0.05, 0.1) is 4.88 Å². The number of hydrogen-bond acceptors (Lipinski definition) is 4. The summed E-state index contributed by atoms with van der Waals surface area (Å²) in [5.41, 5.74) is 0. The molecule has 14 heavy (non-hydrogen) atoms. The molecule has 3 rings (SSSR count). The summed E-state index contributed by atoms with van der Waals surface area (Å²) in [7, 11) is 0. The van der Waals surface area contributed by atoms with Crippen LogP contribution in [0.1, 0.15) is 22.5 Å². The van der Waals surface area contributed by atoms with Crippen LogP contribution in [0.25, 0.3) is 10.2 Å². The highest BCUT2D eigenvalue weighted by atomic mass is 32.1. The Kier molecular flexibility index (Phi) is 1.64. The Morgan fingerprint density at radius 3 is 3.07 bits per heavy atom. The van der Waals surface area contributed by atoms with E-state index in [0.29, 0.717) is 0 Å². The van der Waals surface area contributed by atoms with Crippen molar-refractivity contribution < 1.29 is 4.79 Å². The van der Waals surface area contributed by atoms with Crippen molar-refractivity contribution in [3.05, 3.63) is 23.5 Å². The van der Waals surface area contributed by atoms with Crippen molar-refractivity contribution in [2.45, 2.75) is 12.8 Å². The van der Waals surface area contributed by atoms with Crippen molar-refractivity contribution in [3.8, 4) is 0 Å². The standard InChI is InChI=1S/C10H8N2OS/c13-9(6-1-2-6)8-3-7-4-11-5-12-10(7)14-8/h3-6H,1-2H2. The van der Waals surface area contributed by atoms with Crippen LogP contribution in [0.4, 0.5) is 0 Å². The van der Waals surface area contributed by atoms with E-state index in [1.807, 2.05) is 6.07 Å². The zero-order valence-corrected chi connectivity index (χ0v) is 8.25. The number of carbonyl (C=O) groups excluding carboxylic acids is 1. The first-order valence-electron chi connectivity index (χ1n) is 4.58. The third kappa shape index (κ3) is 1.23. The molecule has 4 heteroatoms. The van der Waals surface area contributed by atoms with Gasteiger partial charge >= 0.3 is 0 Å². The third-order valence-electron chi connectivity index (χ3n) is 2.39. The Balaban J connectivity index is 2.09. The van der Waals surface area contributed by atoms with E-state index < -0.39 is 0 Å². The van der Waals surface area contributed by atoms with Gasteiger partial charge in [-0.25, -0.2) is 9.97 Å². The van der Waals surface area contributed by atoms with Crippen LogP contribution in [0.5, 0.6) is 0 Å². The molecule has 1 fully saturated rings. The van der Waals surface area contributed by atoms with E-state index in [0.717, 1.165) is 27.9 Å².